The predicted molar refractivity (Wildman–Crippen MR) is 129 cm³/mol. The summed E-state index contributed by atoms with van der Waals surface area (Å²) in [6.45, 7) is 4.79. The van der Waals surface area contributed by atoms with Crippen molar-refractivity contribution in [2.45, 2.75) is 51.7 Å². The van der Waals surface area contributed by atoms with Crippen LogP contribution in [0.25, 0.3) is 16.8 Å². The molecule has 10 nitrogen and oxygen atoms in total. The molecule has 38 heavy (non-hydrogen) atoms. The van der Waals surface area contributed by atoms with Crippen LogP contribution in [-0.2, 0) is 11.0 Å². The SMILES string of the molecule is Cc1ncc(-c2cc(C(F)(F)F)c3c(N)ncnn23)cc1C(=O)N[C@@H]1CN(C(=O)[C@H](O)CC(C)C)C[C@@H]1F. The topological polar surface area (TPSA) is 139 Å². The Kier molecular flexibility index (Phi) is 7.28. The highest BCUT2D eigenvalue weighted by molar-refractivity contribution is 5.97. The van der Waals surface area contributed by atoms with E-state index in [0.717, 1.165) is 16.9 Å². The van der Waals surface area contributed by atoms with E-state index in [9.17, 15) is 32.3 Å². The van der Waals surface area contributed by atoms with Crippen LogP contribution in [0.1, 0.15) is 41.9 Å². The lowest BCUT2D eigenvalue weighted by Crippen LogP contribution is -2.43. The van der Waals surface area contributed by atoms with Gasteiger partial charge >= 0.3 is 6.18 Å². The highest BCUT2D eigenvalue weighted by Crippen LogP contribution is 2.38. The van der Waals surface area contributed by atoms with Crippen LogP contribution in [0.4, 0.5) is 23.4 Å². The molecule has 1 saturated heterocycles. The molecular formula is C24H27F4N7O3. The predicted octanol–water partition coefficient (Wildman–Crippen LogP) is 2.39. The van der Waals surface area contributed by atoms with Crippen LogP contribution in [0.3, 0.4) is 0 Å². The monoisotopic (exact) mass is 537 g/mol. The average molecular weight is 538 g/mol. The molecule has 0 spiro atoms. The molecule has 0 saturated carbocycles. The molecule has 0 aromatic carbocycles. The largest absolute Gasteiger partial charge is 0.418 e. The molecule has 1 aliphatic rings. The third kappa shape index (κ3) is 5.26. The molecule has 3 aromatic heterocycles. The summed E-state index contributed by atoms with van der Waals surface area (Å²) in [6, 6.07) is 1.13. The van der Waals surface area contributed by atoms with Gasteiger partial charge in [0.1, 0.15) is 24.1 Å². The van der Waals surface area contributed by atoms with Crippen LogP contribution in [-0.4, -0.2) is 72.8 Å². The maximum atomic E-state index is 14.7. The minimum Gasteiger partial charge on any atom is -0.383 e. The van der Waals surface area contributed by atoms with Gasteiger partial charge in [-0.15, -0.1) is 0 Å². The number of nitrogens with one attached hydrogen (secondary N) is 1. The van der Waals surface area contributed by atoms with Crippen molar-refractivity contribution in [3.63, 3.8) is 0 Å². The van der Waals surface area contributed by atoms with E-state index in [1.165, 1.54) is 24.1 Å². The van der Waals surface area contributed by atoms with Crippen LogP contribution < -0.4 is 11.1 Å². The summed E-state index contributed by atoms with van der Waals surface area (Å²) in [7, 11) is 0. The highest BCUT2D eigenvalue weighted by atomic mass is 19.4. The van der Waals surface area contributed by atoms with Gasteiger partial charge in [-0.1, -0.05) is 13.8 Å². The second-order valence-electron chi connectivity index (χ2n) is 9.69. The lowest BCUT2D eigenvalue weighted by molar-refractivity contribution is -0.140. The number of aryl methyl sites for hydroxylation is 1. The Bertz CT molecular complexity index is 1380. The van der Waals surface area contributed by atoms with E-state index < -0.39 is 47.4 Å². The van der Waals surface area contributed by atoms with Gasteiger partial charge in [0.2, 0.25) is 0 Å². The zero-order chi connectivity index (χ0) is 27.9. The molecular weight excluding hydrogens is 510 g/mol. The van der Waals surface area contributed by atoms with Gasteiger partial charge in [0.05, 0.1) is 35.1 Å². The Morgan fingerprint density at radius 1 is 1.24 bits per heavy atom. The minimum atomic E-state index is -4.74. The number of hydrogen-bond donors (Lipinski definition) is 3. The Balaban J connectivity index is 1.60. The molecule has 3 atom stereocenters. The van der Waals surface area contributed by atoms with Gasteiger partial charge in [-0.3, -0.25) is 14.6 Å². The van der Waals surface area contributed by atoms with Crippen LogP contribution in [0.15, 0.2) is 24.7 Å². The van der Waals surface area contributed by atoms with Crippen LogP contribution in [0, 0.1) is 12.8 Å². The van der Waals surface area contributed by atoms with Crippen LogP contribution in [0.2, 0.25) is 0 Å². The number of aliphatic hydroxyl groups is 1. The lowest BCUT2D eigenvalue weighted by atomic mass is 10.1. The summed E-state index contributed by atoms with van der Waals surface area (Å²) < 4.78 is 56.7. The van der Waals surface area contributed by atoms with Crippen molar-refractivity contribution in [2.75, 3.05) is 18.8 Å². The molecule has 3 aromatic rings. The normalized spacial score (nSPS) is 18.8. The number of halogens is 4. The first kappa shape index (κ1) is 27.2. The second kappa shape index (κ2) is 10.2. The Morgan fingerprint density at radius 3 is 2.61 bits per heavy atom. The number of carbonyl (C=O) groups is 2. The third-order valence-corrected chi connectivity index (χ3v) is 6.37. The van der Waals surface area contributed by atoms with Gasteiger partial charge in [-0.25, -0.2) is 13.9 Å². The van der Waals surface area contributed by atoms with E-state index >= 15 is 0 Å². The quantitative estimate of drug-likeness (QED) is 0.411. The number of nitrogens with zero attached hydrogens (tertiary/aromatic N) is 5. The standard InChI is InChI=1S/C24H27F4N7O3/c1-11(2)4-19(36)23(38)34-8-16(25)17(9-34)33-22(37)14-5-13(7-30-12(14)3)18-6-15(24(26,27)28)20-21(29)31-10-32-35(18)20/h5-7,10-11,16-17,19,36H,4,8-9H2,1-3H3,(H,33,37)(H2,29,31,32)/t16-,17+,19+/m0/s1. The molecule has 4 rings (SSSR count). The number of amides is 2. The highest BCUT2D eigenvalue weighted by Gasteiger charge is 2.39. The van der Waals surface area contributed by atoms with E-state index in [0.29, 0.717) is 0 Å². The van der Waals surface area contributed by atoms with Crippen molar-refractivity contribution in [3.05, 3.63) is 41.5 Å². The number of rotatable bonds is 6. The van der Waals surface area contributed by atoms with E-state index in [1.54, 1.807) is 0 Å². The molecule has 0 aliphatic carbocycles. The summed E-state index contributed by atoms with van der Waals surface area (Å²) in [5.41, 5.74) is 4.59. The number of pyridine rings is 1. The molecule has 0 radical (unpaired) electrons. The van der Waals surface area contributed by atoms with Crippen LogP contribution >= 0.6 is 0 Å². The van der Waals surface area contributed by atoms with Gasteiger partial charge in [0, 0.05) is 18.3 Å². The number of hydrogen-bond acceptors (Lipinski definition) is 7. The molecule has 4 N–H and O–H groups in total. The molecule has 2 amide bonds. The van der Waals surface area contributed by atoms with E-state index in [1.807, 2.05) is 13.8 Å². The third-order valence-electron chi connectivity index (χ3n) is 6.37. The van der Waals surface area contributed by atoms with Crippen molar-refractivity contribution in [2.24, 2.45) is 5.92 Å². The molecule has 0 unspecified atom stereocenters. The van der Waals surface area contributed by atoms with Crippen molar-refractivity contribution >= 4 is 23.1 Å². The van der Waals surface area contributed by atoms with Crippen molar-refractivity contribution in [3.8, 4) is 11.3 Å². The molecule has 1 fully saturated rings. The van der Waals surface area contributed by atoms with E-state index in [4.69, 9.17) is 5.73 Å². The van der Waals surface area contributed by atoms with Crippen molar-refractivity contribution in [1.82, 2.24) is 29.8 Å². The average Bonchev–Trinajstić information content (AvgIpc) is 3.40. The van der Waals surface area contributed by atoms with Gasteiger partial charge in [0.15, 0.2) is 5.82 Å². The fourth-order valence-corrected chi connectivity index (χ4v) is 4.48. The summed E-state index contributed by atoms with van der Waals surface area (Å²) in [5, 5.41) is 16.5. The maximum Gasteiger partial charge on any atom is 0.418 e. The first-order valence-corrected chi connectivity index (χ1v) is 11.9. The number of alkyl halides is 4. The summed E-state index contributed by atoms with van der Waals surface area (Å²) in [4.78, 5) is 34.5. The molecule has 4 heterocycles. The number of fused-ring (bicyclic) bond motifs is 1. The van der Waals surface area contributed by atoms with Crippen LogP contribution in [0.5, 0.6) is 0 Å². The van der Waals surface area contributed by atoms with E-state index in [2.05, 4.69) is 20.4 Å². The lowest BCUT2D eigenvalue weighted by Gasteiger charge is -2.21. The van der Waals surface area contributed by atoms with E-state index in [-0.39, 0.29) is 53.8 Å². The first-order valence-electron chi connectivity index (χ1n) is 11.9. The number of anilines is 1. The van der Waals surface area contributed by atoms with Gasteiger partial charge < -0.3 is 21.1 Å². The molecule has 14 heteroatoms. The zero-order valence-electron chi connectivity index (χ0n) is 20.8. The van der Waals surface area contributed by atoms with Gasteiger partial charge in [-0.2, -0.15) is 18.3 Å². The Hall–Kier alpha value is -3.81. The smallest absolute Gasteiger partial charge is 0.383 e. The number of aliphatic hydroxyl groups excluding tert-OH is 1. The van der Waals surface area contributed by atoms with Crippen molar-refractivity contribution in [1.29, 1.82) is 0 Å². The number of likely N-dealkylation sites (tertiary alicyclic amines) is 1. The number of carbonyl (C=O) groups excluding carboxylic acids is 2. The van der Waals surface area contributed by atoms with Gasteiger partial charge in [-0.05, 0) is 31.4 Å². The number of nitrogens with two attached hydrogens (primary N) is 1. The summed E-state index contributed by atoms with van der Waals surface area (Å²) in [5.74, 6) is -1.64. The fraction of sp³-hybridized carbons (Fsp3) is 0.458. The minimum absolute atomic E-state index is 0.00450. The Morgan fingerprint density at radius 2 is 1.95 bits per heavy atom. The zero-order valence-corrected chi connectivity index (χ0v) is 20.8. The van der Waals surface area contributed by atoms with Crippen molar-refractivity contribution < 1.29 is 32.3 Å². The Labute approximate surface area is 214 Å². The maximum absolute atomic E-state index is 14.7. The number of nitrogen functional groups attached to an aromatic ring is 1. The first-order chi connectivity index (χ1) is 17.8. The summed E-state index contributed by atoms with van der Waals surface area (Å²) >= 11 is 0. The summed E-state index contributed by atoms with van der Waals surface area (Å²) in [6.07, 6.45) is -5.07. The second-order valence-corrected chi connectivity index (χ2v) is 9.69. The fourth-order valence-electron chi connectivity index (χ4n) is 4.48. The molecule has 1 aliphatic heterocycles. The molecule has 204 valence electrons. The van der Waals surface area contributed by atoms with Gasteiger partial charge in [0.25, 0.3) is 11.8 Å². The molecule has 0 bridgehead atoms. The number of aromatic nitrogens is 4.